The van der Waals surface area contributed by atoms with Crippen LogP contribution in [0, 0.1) is 12.8 Å². The summed E-state index contributed by atoms with van der Waals surface area (Å²) in [6.45, 7) is 3.36. The molecular formula is C20H26N2O4. The summed E-state index contributed by atoms with van der Waals surface area (Å²) in [6.07, 6.45) is 1.86. The molecule has 0 N–H and O–H groups in total. The summed E-state index contributed by atoms with van der Waals surface area (Å²) in [4.78, 5) is 14.7. The van der Waals surface area contributed by atoms with Gasteiger partial charge in [-0.25, -0.2) is 0 Å². The van der Waals surface area contributed by atoms with Crippen LogP contribution < -0.4 is 0 Å². The molecule has 2 aromatic rings. The van der Waals surface area contributed by atoms with Gasteiger partial charge in [-0.05, 0) is 31.2 Å². The zero-order chi connectivity index (χ0) is 18.5. The van der Waals surface area contributed by atoms with E-state index in [0.29, 0.717) is 37.1 Å². The molecule has 0 saturated carbocycles. The molecule has 0 spiro atoms. The van der Waals surface area contributed by atoms with E-state index in [9.17, 15) is 4.79 Å². The molecule has 0 bridgehead atoms. The van der Waals surface area contributed by atoms with Crippen LogP contribution in [0.1, 0.15) is 33.8 Å². The van der Waals surface area contributed by atoms with E-state index in [2.05, 4.69) is 29.4 Å². The van der Waals surface area contributed by atoms with Crippen LogP contribution in [0.15, 0.2) is 34.9 Å². The number of hydrogen-bond acceptors (Lipinski definition) is 5. The molecule has 0 aliphatic carbocycles. The average molecular weight is 358 g/mol. The number of benzene rings is 1. The Morgan fingerprint density at radius 3 is 2.77 bits per heavy atom. The Morgan fingerprint density at radius 2 is 2.08 bits per heavy atom. The predicted molar refractivity (Wildman–Crippen MR) is 96.9 cm³/mol. The van der Waals surface area contributed by atoms with Crippen molar-refractivity contribution in [1.82, 2.24) is 10.1 Å². The number of likely N-dealkylation sites (tertiary alicyclic amines) is 1. The number of piperidine rings is 1. The van der Waals surface area contributed by atoms with Crippen molar-refractivity contribution in [3.05, 3.63) is 52.9 Å². The number of hydrogen-bond donors (Lipinski definition) is 0. The van der Waals surface area contributed by atoms with Crippen LogP contribution in [0.5, 0.6) is 0 Å². The maximum Gasteiger partial charge on any atom is 0.276 e. The van der Waals surface area contributed by atoms with Crippen molar-refractivity contribution in [3.8, 4) is 0 Å². The van der Waals surface area contributed by atoms with Crippen molar-refractivity contribution in [1.29, 1.82) is 0 Å². The molecule has 26 heavy (non-hydrogen) atoms. The Kier molecular flexibility index (Phi) is 6.06. The Bertz CT molecular complexity index is 729. The zero-order valence-electron chi connectivity index (χ0n) is 15.6. The molecular weight excluding hydrogens is 332 g/mol. The molecule has 2 atom stereocenters. The fourth-order valence-electron chi connectivity index (χ4n) is 3.59. The number of amides is 1. The maximum absolute atomic E-state index is 12.9. The minimum Gasteiger partial charge on any atom is -0.380 e. The quantitative estimate of drug-likeness (QED) is 0.794. The molecule has 6 nitrogen and oxygen atoms in total. The molecule has 2 heterocycles. The standard InChI is InChI=1S/C20H26N2O4/c1-14-17(13-24-2)19(21-26-14)20(23)22-10-9-16(18(12-22)25-3)11-15-7-5-4-6-8-15/h4-8,16,18H,9-13H2,1-3H3/t16-,18+/m1/s1. The van der Waals surface area contributed by atoms with Crippen molar-refractivity contribution in [3.63, 3.8) is 0 Å². The van der Waals surface area contributed by atoms with Crippen LogP contribution >= 0.6 is 0 Å². The monoisotopic (exact) mass is 358 g/mol. The topological polar surface area (TPSA) is 64.8 Å². The van der Waals surface area contributed by atoms with E-state index in [0.717, 1.165) is 18.4 Å². The third-order valence-electron chi connectivity index (χ3n) is 5.10. The Morgan fingerprint density at radius 1 is 1.31 bits per heavy atom. The number of methoxy groups -OCH3 is 2. The van der Waals surface area contributed by atoms with Crippen molar-refractivity contribution >= 4 is 5.91 Å². The van der Waals surface area contributed by atoms with E-state index in [1.807, 2.05) is 11.0 Å². The highest BCUT2D eigenvalue weighted by molar-refractivity contribution is 5.93. The van der Waals surface area contributed by atoms with Gasteiger partial charge in [0, 0.05) is 27.3 Å². The highest BCUT2D eigenvalue weighted by atomic mass is 16.5. The largest absolute Gasteiger partial charge is 0.380 e. The van der Waals surface area contributed by atoms with Gasteiger partial charge in [0.25, 0.3) is 5.91 Å². The Hall–Kier alpha value is -2.18. The first kappa shape index (κ1) is 18.6. The smallest absolute Gasteiger partial charge is 0.276 e. The van der Waals surface area contributed by atoms with Gasteiger partial charge in [-0.15, -0.1) is 0 Å². The Labute approximate surface area is 154 Å². The number of nitrogens with zero attached hydrogens (tertiary/aromatic N) is 2. The fraction of sp³-hybridized carbons (Fsp3) is 0.500. The molecule has 1 aromatic heterocycles. The number of ether oxygens (including phenoxy) is 2. The molecule has 1 amide bonds. The summed E-state index contributed by atoms with van der Waals surface area (Å²) in [7, 11) is 3.31. The number of rotatable bonds is 6. The Balaban J connectivity index is 1.69. The minimum absolute atomic E-state index is 0.00628. The molecule has 1 aliphatic heterocycles. The van der Waals surface area contributed by atoms with Gasteiger partial charge in [0.1, 0.15) is 5.76 Å². The fourth-order valence-corrected chi connectivity index (χ4v) is 3.59. The number of aryl methyl sites for hydroxylation is 1. The summed E-state index contributed by atoms with van der Waals surface area (Å²) in [5.74, 6) is 0.899. The molecule has 3 rings (SSSR count). The first-order valence-electron chi connectivity index (χ1n) is 8.94. The van der Waals surface area contributed by atoms with Crippen LogP contribution in [0.4, 0.5) is 0 Å². The second kappa shape index (κ2) is 8.47. The van der Waals surface area contributed by atoms with Gasteiger partial charge in [-0.3, -0.25) is 4.79 Å². The summed E-state index contributed by atoms with van der Waals surface area (Å²) < 4.78 is 16.1. The van der Waals surface area contributed by atoms with Gasteiger partial charge in [0.15, 0.2) is 5.69 Å². The summed E-state index contributed by atoms with van der Waals surface area (Å²) >= 11 is 0. The molecule has 0 unspecified atom stereocenters. The average Bonchev–Trinajstić information content (AvgIpc) is 3.03. The van der Waals surface area contributed by atoms with E-state index >= 15 is 0 Å². The van der Waals surface area contributed by atoms with Crippen molar-refractivity contribution in [2.24, 2.45) is 5.92 Å². The van der Waals surface area contributed by atoms with Gasteiger partial charge in [-0.1, -0.05) is 35.5 Å². The molecule has 140 valence electrons. The van der Waals surface area contributed by atoms with Gasteiger partial charge in [0.05, 0.1) is 18.3 Å². The summed E-state index contributed by atoms with van der Waals surface area (Å²) in [5.41, 5.74) is 2.37. The second-order valence-electron chi connectivity index (χ2n) is 6.76. The van der Waals surface area contributed by atoms with Gasteiger partial charge in [-0.2, -0.15) is 0 Å². The molecule has 1 fully saturated rings. The van der Waals surface area contributed by atoms with Gasteiger partial charge in [0.2, 0.25) is 0 Å². The third-order valence-corrected chi connectivity index (χ3v) is 5.10. The number of aromatic nitrogens is 1. The van der Waals surface area contributed by atoms with Crippen molar-refractivity contribution < 1.29 is 18.8 Å². The van der Waals surface area contributed by atoms with E-state index < -0.39 is 0 Å². The van der Waals surface area contributed by atoms with Crippen LogP contribution in [-0.2, 0) is 22.5 Å². The predicted octanol–water partition coefficient (Wildman–Crippen LogP) is 2.85. The molecule has 6 heteroatoms. The molecule has 1 aliphatic rings. The third kappa shape index (κ3) is 3.97. The molecule has 0 radical (unpaired) electrons. The van der Waals surface area contributed by atoms with Crippen molar-refractivity contribution in [2.45, 2.75) is 32.5 Å². The number of carbonyl (C=O) groups excluding carboxylic acids is 1. The SMILES string of the molecule is COCc1c(C(=O)N2CC[C@H](Cc3ccccc3)[C@@H](OC)C2)noc1C. The number of carbonyl (C=O) groups is 1. The second-order valence-corrected chi connectivity index (χ2v) is 6.76. The molecule has 1 saturated heterocycles. The van der Waals surface area contributed by atoms with Crippen LogP contribution in [-0.4, -0.2) is 49.4 Å². The van der Waals surface area contributed by atoms with Crippen molar-refractivity contribution in [2.75, 3.05) is 27.3 Å². The maximum atomic E-state index is 12.9. The van der Waals surface area contributed by atoms with Crippen LogP contribution in [0.2, 0.25) is 0 Å². The van der Waals surface area contributed by atoms with E-state index in [1.54, 1.807) is 21.1 Å². The lowest BCUT2D eigenvalue weighted by molar-refractivity contribution is -0.00736. The minimum atomic E-state index is -0.117. The highest BCUT2D eigenvalue weighted by Crippen LogP contribution is 2.26. The van der Waals surface area contributed by atoms with E-state index in [1.165, 1.54) is 5.56 Å². The lowest BCUT2D eigenvalue weighted by Crippen LogP contribution is -2.48. The zero-order valence-corrected chi connectivity index (χ0v) is 15.6. The lowest BCUT2D eigenvalue weighted by Gasteiger charge is -2.37. The van der Waals surface area contributed by atoms with Gasteiger partial charge < -0.3 is 18.9 Å². The first-order valence-corrected chi connectivity index (χ1v) is 8.94. The van der Waals surface area contributed by atoms with E-state index in [-0.39, 0.29) is 12.0 Å². The normalized spacial score (nSPS) is 20.3. The van der Waals surface area contributed by atoms with Crippen LogP contribution in [0.3, 0.4) is 0 Å². The van der Waals surface area contributed by atoms with Gasteiger partial charge >= 0.3 is 0 Å². The lowest BCUT2D eigenvalue weighted by atomic mass is 9.87. The van der Waals surface area contributed by atoms with E-state index in [4.69, 9.17) is 14.0 Å². The molecule has 1 aromatic carbocycles. The summed E-state index contributed by atoms with van der Waals surface area (Å²) in [6, 6.07) is 10.4. The highest BCUT2D eigenvalue weighted by Gasteiger charge is 2.34. The first-order chi connectivity index (χ1) is 12.6. The van der Waals surface area contributed by atoms with Crippen LogP contribution in [0.25, 0.3) is 0 Å². The summed E-state index contributed by atoms with van der Waals surface area (Å²) in [5, 5.41) is 3.96.